The summed E-state index contributed by atoms with van der Waals surface area (Å²) in [5.74, 6) is -0.746. The molecule has 168 valence electrons. The minimum Gasteiger partial charge on any atom is -0.372 e. The molecule has 2 aromatic rings. The van der Waals surface area contributed by atoms with Crippen LogP contribution >= 0.6 is 7.60 Å². The standard InChI is InChI=1S/C22H30N3O5P/c1-3-29-31(28,30-4-2)22(23-19-10-14-21(15-11-19)25(26)27)18-8-12-20(13-9-18)24-16-6-5-7-17-24/h8-15,22-23H,3-7,16-17H2,1-2H3. The summed E-state index contributed by atoms with van der Waals surface area (Å²) in [6.45, 7) is 6.10. The highest BCUT2D eigenvalue weighted by Crippen LogP contribution is 2.60. The maximum Gasteiger partial charge on any atom is 0.357 e. The van der Waals surface area contributed by atoms with Crippen LogP contribution in [-0.4, -0.2) is 31.2 Å². The van der Waals surface area contributed by atoms with Crippen molar-refractivity contribution in [2.75, 3.05) is 36.5 Å². The molecule has 1 saturated heterocycles. The number of benzene rings is 2. The van der Waals surface area contributed by atoms with Gasteiger partial charge in [0, 0.05) is 36.6 Å². The number of non-ortho nitro benzene ring substituents is 1. The van der Waals surface area contributed by atoms with E-state index in [1.807, 2.05) is 24.3 Å². The highest BCUT2D eigenvalue weighted by molar-refractivity contribution is 7.54. The lowest BCUT2D eigenvalue weighted by Crippen LogP contribution is -2.29. The number of nitrogens with zero attached hydrogens (tertiary/aromatic N) is 2. The Balaban J connectivity index is 1.90. The predicted octanol–water partition coefficient (Wildman–Crippen LogP) is 5.96. The van der Waals surface area contributed by atoms with Gasteiger partial charge in [0.05, 0.1) is 18.1 Å². The number of hydrogen-bond donors (Lipinski definition) is 1. The summed E-state index contributed by atoms with van der Waals surface area (Å²) in [7, 11) is -3.55. The lowest BCUT2D eigenvalue weighted by Gasteiger charge is -2.30. The number of piperidine rings is 1. The zero-order chi connectivity index (χ0) is 22.3. The van der Waals surface area contributed by atoms with Crippen LogP contribution in [0.25, 0.3) is 0 Å². The Morgan fingerprint density at radius 1 is 1.00 bits per heavy atom. The molecule has 8 nitrogen and oxygen atoms in total. The first-order chi connectivity index (χ1) is 15.0. The van der Waals surface area contributed by atoms with Crippen LogP contribution in [0.4, 0.5) is 17.1 Å². The minimum atomic E-state index is -3.55. The van der Waals surface area contributed by atoms with E-state index in [0.717, 1.165) is 24.3 Å². The fourth-order valence-electron chi connectivity index (χ4n) is 3.75. The van der Waals surface area contributed by atoms with Crippen molar-refractivity contribution in [1.82, 2.24) is 0 Å². The van der Waals surface area contributed by atoms with Crippen LogP contribution in [0.15, 0.2) is 48.5 Å². The normalized spacial score (nSPS) is 15.5. The monoisotopic (exact) mass is 447 g/mol. The van der Waals surface area contributed by atoms with E-state index < -0.39 is 18.3 Å². The first-order valence-electron chi connectivity index (χ1n) is 10.7. The maximum absolute atomic E-state index is 13.7. The molecule has 1 N–H and O–H groups in total. The molecule has 9 heteroatoms. The SMILES string of the molecule is CCOP(=O)(OCC)C(Nc1ccc([N+](=O)[O-])cc1)c1ccc(N2CCCCC2)cc1. The summed E-state index contributed by atoms with van der Waals surface area (Å²) in [5.41, 5.74) is 2.49. The van der Waals surface area contributed by atoms with Gasteiger partial charge in [-0.05, 0) is 62.9 Å². The van der Waals surface area contributed by atoms with Gasteiger partial charge in [0.15, 0.2) is 5.78 Å². The van der Waals surface area contributed by atoms with E-state index in [4.69, 9.17) is 9.05 Å². The Morgan fingerprint density at radius 2 is 1.58 bits per heavy atom. The second-order valence-corrected chi connectivity index (χ2v) is 9.48. The average Bonchev–Trinajstić information content (AvgIpc) is 2.79. The van der Waals surface area contributed by atoms with Gasteiger partial charge in [0.2, 0.25) is 0 Å². The summed E-state index contributed by atoms with van der Waals surface area (Å²) in [4.78, 5) is 12.8. The van der Waals surface area contributed by atoms with Crippen molar-refractivity contribution < 1.29 is 18.5 Å². The molecule has 1 unspecified atom stereocenters. The molecule has 3 rings (SSSR count). The quantitative estimate of drug-likeness (QED) is 0.273. The van der Waals surface area contributed by atoms with Gasteiger partial charge in [0.1, 0.15) is 0 Å². The van der Waals surface area contributed by atoms with E-state index in [9.17, 15) is 14.7 Å². The average molecular weight is 447 g/mol. The van der Waals surface area contributed by atoms with E-state index in [2.05, 4.69) is 10.2 Å². The van der Waals surface area contributed by atoms with Crippen LogP contribution in [0.2, 0.25) is 0 Å². The van der Waals surface area contributed by atoms with Gasteiger partial charge >= 0.3 is 7.60 Å². The number of hydrogen-bond acceptors (Lipinski definition) is 7. The summed E-state index contributed by atoms with van der Waals surface area (Å²) < 4.78 is 24.9. The first kappa shape index (κ1) is 23.3. The van der Waals surface area contributed by atoms with Crippen molar-refractivity contribution in [2.24, 2.45) is 0 Å². The molecule has 0 aromatic heterocycles. The molecule has 1 atom stereocenters. The van der Waals surface area contributed by atoms with Gasteiger partial charge in [-0.2, -0.15) is 0 Å². The summed E-state index contributed by atoms with van der Waals surface area (Å²) >= 11 is 0. The zero-order valence-corrected chi connectivity index (χ0v) is 18.9. The predicted molar refractivity (Wildman–Crippen MR) is 123 cm³/mol. The molecule has 0 amide bonds. The fraction of sp³-hybridized carbons (Fsp3) is 0.455. The van der Waals surface area contributed by atoms with Crippen LogP contribution in [0.1, 0.15) is 44.5 Å². The van der Waals surface area contributed by atoms with Gasteiger partial charge in [0.25, 0.3) is 5.69 Å². The van der Waals surface area contributed by atoms with Crippen molar-refractivity contribution in [2.45, 2.75) is 38.9 Å². The highest BCUT2D eigenvalue weighted by atomic mass is 31.2. The number of nitrogens with one attached hydrogen (secondary N) is 1. The van der Waals surface area contributed by atoms with Crippen LogP contribution in [0.3, 0.4) is 0 Å². The maximum atomic E-state index is 13.7. The minimum absolute atomic E-state index is 0.00853. The molecule has 1 heterocycles. The topological polar surface area (TPSA) is 93.9 Å². The Labute approximate surface area is 183 Å². The summed E-state index contributed by atoms with van der Waals surface area (Å²) in [5, 5.41) is 14.2. The molecular weight excluding hydrogens is 417 g/mol. The van der Waals surface area contributed by atoms with Crippen LogP contribution in [-0.2, 0) is 13.6 Å². The second-order valence-electron chi connectivity index (χ2n) is 7.37. The van der Waals surface area contributed by atoms with Crippen LogP contribution in [0.5, 0.6) is 0 Å². The van der Waals surface area contributed by atoms with Gasteiger partial charge in [-0.15, -0.1) is 0 Å². The zero-order valence-electron chi connectivity index (χ0n) is 18.0. The van der Waals surface area contributed by atoms with E-state index in [1.165, 1.54) is 31.4 Å². The number of rotatable bonds is 10. The third kappa shape index (κ3) is 5.85. The molecule has 0 saturated carbocycles. The summed E-state index contributed by atoms with van der Waals surface area (Å²) in [6.07, 6.45) is 3.65. The van der Waals surface area contributed by atoms with Crippen LogP contribution in [0, 0.1) is 10.1 Å². The van der Waals surface area contributed by atoms with Gasteiger partial charge < -0.3 is 19.3 Å². The third-order valence-electron chi connectivity index (χ3n) is 5.25. The van der Waals surface area contributed by atoms with Crippen molar-refractivity contribution >= 4 is 24.7 Å². The fourth-order valence-corrected chi connectivity index (χ4v) is 5.68. The first-order valence-corrected chi connectivity index (χ1v) is 12.3. The largest absolute Gasteiger partial charge is 0.372 e. The second kappa shape index (κ2) is 10.8. The lowest BCUT2D eigenvalue weighted by molar-refractivity contribution is -0.384. The molecule has 2 aromatic carbocycles. The van der Waals surface area contributed by atoms with Crippen molar-refractivity contribution in [1.29, 1.82) is 0 Å². The molecule has 1 aliphatic heterocycles. The number of nitro groups is 1. The van der Waals surface area contributed by atoms with Crippen molar-refractivity contribution in [3.63, 3.8) is 0 Å². The van der Waals surface area contributed by atoms with E-state index >= 15 is 0 Å². The van der Waals surface area contributed by atoms with E-state index in [1.54, 1.807) is 26.0 Å². The Bertz CT molecular complexity index is 888. The summed E-state index contributed by atoms with van der Waals surface area (Å²) in [6, 6.07) is 14.0. The Kier molecular flexibility index (Phi) is 8.07. The van der Waals surface area contributed by atoms with Gasteiger partial charge in [-0.3, -0.25) is 14.7 Å². The van der Waals surface area contributed by atoms with Crippen LogP contribution < -0.4 is 10.2 Å². The highest BCUT2D eigenvalue weighted by Gasteiger charge is 2.37. The molecule has 0 spiro atoms. The van der Waals surface area contributed by atoms with E-state index in [-0.39, 0.29) is 18.9 Å². The molecule has 1 aliphatic rings. The van der Waals surface area contributed by atoms with Crippen molar-refractivity contribution in [3.05, 3.63) is 64.2 Å². The lowest BCUT2D eigenvalue weighted by atomic mass is 10.1. The van der Waals surface area contributed by atoms with Crippen molar-refractivity contribution in [3.8, 4) is 0 Å². The molecule has 1 fully saturated rings. The molecule has 0 aliphatic carbocycles. The number of anilines is 2. The smallest absolute Gasteiger partial charge is 0.357 e. The number of nitro benzene ring substituents is 1. The molecule has 0 radical (unpaired) electrons. The third-order valence-corrected chi connectivity index (χ3v) is 7.54. The Morgan fingerprint density at radius 3 is 2.10 bits per heavy atom. The van der Waals surface area contributed by atoms with Gasteiger partial charge in [-0.1, -0.05) is 12.1 Å². The van der Waals surface area contributed by atoms with E-state index in [0.29, 0.717) is 5.69 Å². The Hall–Kier alpha value is -2.41. The molecule has 31 heavy (non-hydrogen) atoms. The van der Waals surface area contributed by atoms with Gasteiger partial charge in [-0.25, -0.2) is 0 Å². The molecule has 0 bridgehead atoms. The molecular formula is C22H30N3O5P.